The van der Waals surface area contributed by atoms with Crippen LogP contribution in [0.5, 0.6) is 0 Å². The molecule has 0 radical (unpaired) electrons. The van der Waals surface area contributed by atoms with Crippen LogP contribution in [0.2, 0.25) is 0 Å². The summed E-state index contributed by atoms with van der Waals surface area (Å²) in [7, 11) is 0. The van der Waals surface area contributed by atoms with Gasteiger partial charge in [0.2, 0.25) is 0 Å². The maximum Gasteiger partial charge on any atom is 0.416 e. The topological polar surface area (TPSA) is 81.0 Å². The zero-order valence-electron chi connectivity index (χ0n) is 7.56. The summed E-state index contributed by atoms with van der Waals surface area (Å²) < 4.78 is 36.7. The molecule has 0 aliphatic rings. The van der Waals surface area contributed by atoms with E-state index in [0.29, 0.717) is 18.2 Å². The van der Waals surface area contributed by atoms with E-state index in [4.69, 9.17) is 15.5 Å². The normalized spacial score (nSPS) is 11.3. The summed E-state index contributed by atoms with van der Waals surface area (Å²) in [6.45, 7) is 0. The Morgan fingerprint density at radius 1 is 1.25 bits per heavy atom. The van der Waals surface area contributed by atoms with Crippen LogP contribution < -0.4 is 5.23 Å². The number of anilines is 1. The third-order valence-electron chi connectivity index (χ3n) is 1.77. The quantitative estimate of drug-likeness (QED) is 0.685. The molecule has 0 spiro atoms. The minimum absolute atomic E-state index is 0.323. The third-order valence-corrected chi connectivity index (χ3v) is 1.77. The summed E-state index contributed by atoms with van der Waals surface area (Å²) >= 11 is 0. The Labute approximate surface area is 86.9 Å². The van der Waals surface area contributed by atoms with E-state index in [9.17, 15) is 18.0 Å². The molecule has 0 unspecified atom stereocenters. The largest absolute Gasteiger partial charge is 0.478 e. The molecule has 5 nitrogen and oxygen atoms in total. The smallest absolute Gasteiger partial charge is 0.416 e. The molecule has 1 aromatic carbocycles. The molecular weight excluding hydrogens is 231 g/mol. The number of hydrogen-bond donors (Lipinski definition) is 3. The number of carboxylic acid groups (broad SMARTS) is 1. The number of alkyl halides is 3. The van der Waals surface area contributed by atoms with Gasteiger partial charge in [-0.1, -0.05) is 0 Å². The third kappa shape index (κ3) is 2.41. The van der Waals surface area contributed by atoms with Crippen molar-refractivity contribution in [3.05, 3.63) is 29.3 Å². The maximum absolute atomic E-state index is 12.2. The Balaban J connectivity index is 3.34. The number of carbonyl (C=O) groups is 1. The summed E-state index contributed by atoms with van der Waals surface area (Å²) in [4.78, 5) is 10.6. The van der Waals surface area contributed by atoms with Gasteiger partial charge >= 0.3 is 12.1 Å². The summed E-state index contributed by atoms with van der Waals surface area (Å²) in [5, 5.41) is 25.1. The zero-order valence-corrected chi connectivity index (χ0v) is 7.56. The number of rotatable bonds is 2. The predicted molar refractivity (Wildman–Crippen MR) is 44.5 cm³/mol. The molecule has 88 valence electrons. The highest BCUT2D eigenvalue weighted by molar-refractivity contribution is 5.94. The van der Waals surface area contributed by atoms with Crippen LogP contribution in [0.1, 0.15) is 15.9 Å². The Bertz CT molecular complexity index is 416. The number of benzene rings is 1. The Kier molecular flexibility index (Phi) is 3.06. The molecule has 1 rings (SSSR count). The Morgan fingerprint density at radius 2 is 1.81 bits per heavy atom. The Hall–Kier alpha value is -1.80. The number of carboxylic acids is 1. The predicted octanol–water partition coefficient (Wildman–Crippen LogP) is 1.99. The summed E-state index contributed by atoms with van der Waals surface area (Å²) in [5.41, 5.74) is -2.69. The molecule has 0 bridgehead atoms. The first-order valence-electron chi connectivity index (χ1n) is 3.86. The highest BCUT2D eigenvalue weighted by Crippen LogP contribution is 2.32. The van der Waals surface area contributed by atoms with E-state index in [2.05, 4.69) is 0 Å². The van der Waals surface area contributed by atoms with Gasteiger partial charge in [-0.25, -0.2) is 4.79 Å². The van der Waals surface area contributed by atoms with Crippen molar-refractivity contribution < 1.29 is 33.5 Å². The van der Waals surface area contributed by atoms with E-state index in [0.717, 1.165) is 0 Å². The molecular formula is C8H6F3NO4. The van der Waals surface area contributed by atoms with Gasteiger partial charge in [-0.3, -0.25) is 10.4 Å². The van der Waals surface area contributed by atoms with E-state index in [1.807, 2.05) is 0 Å². The van der Waals surface area contributed by atoms with E-state index in [1.54, 1.807) is 0 Å². The van der Waals surface area contributed by atoms with Crippen LogP contribution in [-0.4, -0.2) is 21.5 Å². The monoisotopic (exact) mass is 237 g/mol. The van der Waals surface area contributed by atoms with Gasteiger partial charge in [-0.05, 0) is 18.2 Å². The SMILES string of the molecule is O=C(O)c1ccc(C(F)(F)F)cc1N(O)O. The second-order valence-electron chi connectivity index (χ2n) is 2.82. The summed E-state index contributed by atoms with van der Waals surface area (Å²) in [5.74, 6) is -1.57. The fraction of sp³-hybridized carbons (Fsp3) is 0.125. The van der Waals surface area contributed by atoms with Crippen molar-refractivity contribution in [3.8, 4) is 0 Å². The lowest BCUT2D eigenvalue weighted by Gasteiger charge is -2.14. The molecule has 0 aliphatic heterocycles. The highest BCUT2D eigenvalue weighted by atomic mass is 19.4. The number of halogens is 3. The van der Waals surface area contributed by atoms with Crippen LogP contribution in [-0.2, 0) is 6.18 Å². The molecule has 8 heteroatoms. The second kappa shape index (κ2) is 3.99. The van der Waals surface area contributed by atoms with Crippen LogP contribution in [0, 0.1) is 0 Å². The first-order valence-corrected chi connectivity index (χ1v) is 3.86. The van der Waals surface area contributed by atoms with Crippen LogP contribution in [0.15, 0.2) is 18.2 Å². The fourth-order valence-electron chi connectivity index (χ4n) is 1.05. The minimum atomic E-state index is -4.69. The number of hydrogen-bond acceptors (Lipinski definition) is 4. The number of nitrogens with zero attached hydrogens (tertiary/aromatic N) is 1. The molecule has 0 saturated heterocycles. The molecule has 0 aromatic heterocycles. The second-order valence-corrected chi connectivity index (χ2v) is 2.82. The van der Waals surface area contributed by atoms with Crippen molar-refractivity contribution in [2.24, 2.45) is 0 Å². The van der Waals surface area contributed by atoms with Crippen molar-refractivity contribution in [1.29, 1.82) is 0 Å². The van der Waals surface area contributed by atoms with Crippen LogP contribution >= 0.6 is 0 Å². The highest BCUT2D eigenvalue weighted by Gasteiger charge is 2.32. The Morgan fingerprint density at radius 3 is 2.19 bits per heavy atom. The van der Waals surface area contributed by atoms with E-state index in [1.165, 1.54) is 0 Å². The van der Waals surface area contributed by atoms with Crippen molar-refractivity contribution in [1.82, 2.24) is 0 Å². The average Bonchev–Trinajstić information content (AvgIpc) is 2.15. The average molecular weight is 237 g/mol. The van der Waals surface area contributed by atoms with Gasteiger partial charge in [0.15, 0.2) is 0 Å². The first-order chi connectivity index (χ1) is 7.23. The van der Waals surface area contributed by atoms with E-state index >= 15 is 0 Å². The molecule has 0 aliphatic carbocycles. The number of aromatic carboxylic acids is 1. The summed E-state index contributed by atoms with van der Waals surface area (Å²) in [6, 6.07) is 1.50. The van der Waals surface area contributed by atoms with Crippen molar-refractivity contribution in [2.45, 2.75) is 6.18 Å². The lowest BCUT2D eigenvalue weighted by atomic mass is 10.1. The molecule has 16 heavy (non-hydrogen) atoms. The van der Waals surface area contributed by atoms with Gasteiger partial charge < -0.3 is 5.11 Å². The minimum Gasteiger partial charge on any atom is -0.478 e. The van der Waals surface area contributed by atoms with Crippen molar-refractivity contribution >= 4 is 11.7 Å². The molecule has 1 aromatic rings. The molecule has 0 saturated carbocycles. The van der Waals surface area contributed by atoms with Gasteiger partial charge in [-0.15, -0.1) is 5.23 Å². The molecule has 0 heterocycles. The lowest BCUT2D eigenvalue weighted by molar-refractivity contribution is -0.137. The maximum atomic E-state index is 12.2. The van der Waals surface area contributed by atoms with Crippen LogP contribution in [0.25, 0.3) is 0 Å². The lowest BCUT2D eigenvalue weighted by Crippen LogP contribution is -2.17. The fourth-order valence-corrected chi connectivity index (χ4v) is 1.05. The molecule has 0 atom stereocenters. The van der Waals surface area contributed by atoms with Gasteiger partial charge in [0.1, 0.15) is 5.69 Å². The molecule has 3 N–H and O–H groups in total. The van der Waals surface area contributed by atoms with Crippen LogP contribution in [0.4, 0.5) is 18.9 Å². The van der Waals surface area contributed by atoms with Crippen molar-refractivity contribution in [3.63, 3.8) is 0 Å². The van der Waals surface area contributed by atoms with Crippen LogP contribution in [0.3, 0.4) is 0 Å². The van der Waals surface area contributed by atoms with Gasteiger partial charge in [0.25, 0.3) is 0 Å². The van der Waals surface area contributed by atoms with E-state index < -0.39 is 34.2 Å². The van der Waals surface area contributed by atoms with E-state index in [-0.39, 0.29) is 0 Å². The standard InChI is InChI=1S/C8H6F3NO4/c9-8(10,11)4-1-2-5(7(13)14)6(3-4)12(15)16/h1-3,15-16H,(H,13,14). The zero-order chi connectivity index (χ0) is 12.5. The first kappa shape index (κ1) is 12.3. The van der Waals surface area contributed by atoms with Crippen molar-refractivity contribution in [2.75, 3.05) is 5.23 Å². The molecule has 0 fully saturated rings. The van der Waals surface area contributed by atoms with Gasteiger partial charge in [-0.2, -0.15) is 13.2 Å². The van der Waals surface area contributed by atoms with Gasteiger partial charge in [0.05, 0.1) is 11.1 Å². The summed E-state index contributed by atoms with van der Waals surface area (Å²) in [6.07, 6.45) is -4.69. The molecule has 0 amide bonds. The van der Waals surface area contributed by atoms with Gasteiger partial charge in [0, 0.05) is 0 Å².